The van der Waals surface area contributed by atoms with Crippen molar-refractivity contribution in [2.75, 3.05) is 49.2 Å². The van der Waals surface area contributed by atoms with Crippen molar-refractivity contribution >= 4 is 58.0 Å². The molecule has 0 aliphatic heterocycles. The Morgan fingerprint density at radius 1 is 0.754 bits per heavy atom. The van der Waals surface area contributed by atoms with Crippen LogP contribution in [0, 0.1) is 0 Å². The molecule has 11 nitrogen and oxygen atoms in total. The van der Waals surface area contributed by atoms with E-state index in [-0.39, 0.29) is 17.1 Å². The second-order valence-electron chi connectivity index (χ2n) is 14.1. The molecule has 1 N–H and O–H groups in total. The van der Waals surface area contributed by atoms with Crippen molar-refractivity contribution in [3.8, 4) is 11.3 Å². The number of sulfonamides is 2. The molecule has 1 aromatic heterocycles. The van der Waals surface area contributed by atoms with Crippen LogP contribution >= 0.6 is 0 Å². The number of fused-ring (bicyclic) bond motifs is 1. The van der Waals surface area contributed by atoms with Gasteiger partial charge in [0.15, 0.2) is 5.71 Å². The molecule has 0 fully saturated rings. The lowest BCUT2D eigenvalue weighted by atomic mass is 9.87. The maximum atomic E-state index is 14.7. The average molecular weight is 912 g/mol. The summed E-state index contributed by atoms with van der Waals surface area (Å²) in [6.07, 6.45) is 8.32. The van der Waals surface area contributed by atoms with E-state index in [9.17, 15) is 47.2 Å². The number of benzene rings is 3. The van der Waals surface area contributed by atoms with Crippen molar-refractivity contribution in [2.24, 2.45) is 0 Å². The van der Waals surface area contributed by atoms with Gasteiger partial charge in [0.25, 0.3) is 16.0 Å². The molecule has 3 aromatic carbocycles. The maximum absolute atomic E-state index is 14.7. The van der Waals surface area contributed by atoms with Gasteiger partial charge in [0.2, 0.25) is 10.0 Å². The van der Waals surface area contributed by atoms with Crippen molar-refractivity contribution in [3.05, 3.63) is 120 Å². The predicted molar refractivity (Wildman–Crippen MR) is 229 cm³/mol. The Morgan fingerprint density at radius 3 is 1.92 bits per heavy atom. The Bertz CT molecular complexity index is 2650. The first-order chi connectivity index (χ1) is 28.7. The van der Waals surface area contributed by atoms with Crippen molar-refractivity contribution < 1.29 is 56.0 Å². The van der Waals surface area contributed by atoms with Gasteiger partial charge in [-0.05, 0) is 86.7 Å². The molecule has 0 amide bonds. The number of halogens is 5. The van der Waals surface area contributed by atoms with Gasteiger partial charge in [-0.1, -0.05) is 60.7 Å². The molecule has 0 bridgehead atoms. The molecule has 1 aliphatic rings. The first-order valence-electron chi connectivity index (χ1n) is 19.5. The molecule has 0 unspecified atom stereocenters. The van der Waals surface area contributed by atoms with Gasteiger partial charge in [0.1, 0.15) is 24.6 Å². The number of hydrogen-bond donors (Lipinski definition) is 1. The standard InChI is InChI=1S/C42H48F5N4O7S3/c1-5-49(6-2)34-23-19-31(20-24-34)38(32-21-25-35(26-22-32)50(7-3)8-4)39-36-17-12-13-18-37(36)51(40(39)33-15-10-9-11-16-33)27-14-28-58-60(54,55)30-41(43,44)29-59(52,53)48-61(56,57)42(45,46)47/h9-13,15-26,48H,5-8,14,27-30H2,1-4H3/q+1. The van der Waals surface area contributed by atoms with Crippen molar-refractivity contribution in [1.82, 2.24) is 8.69 Å². The largest absolute Gasteiger partial charge is 0.512 e. The van der Waals surface area contributed by atoms with Crippen LogP contribution in [0.4, 0.5) is 27.6 Å². The third-order valence-electron chi connectivity index (χ3n) is 9.96. The number of rotatable bonds is 19. The van der Waals surface area contributed by atoms with Gasteiger partial charge >= 0.3 is 15.5 Å². The van der Waals surface area contributed by atoms with Gasteiger partial charge in [-0.3, -0.25) is 4.18 Å². The molecular formula is C42H48F5N4O7S3+. The highest BCUT2D eigenvalue weighted by atomic mass is 32.3. The fraction of sp³-hybridized carbons (Fsp3) is 0.357. The van der Waals surface area contributed by atoms with Crippen LogP contribution in [0.1, 0.15) is 45.2 Å². The second kappa shape index (κ2) is 19.1. The minimum atomic E-state index is -6.56. The zero-order valence-electron chi connectivity index (χ0n) is 34.0. The van der Waals surface area contributed by atoms with Crippen LogP contribution in [0.15, 0.2) is 109 Å². The van der Waals surface area contributed by atoms with E-state index in [4.69, 9.17) is 4.18 Å². The van der Waals surface area contributed by atoms with Crippen molar-refractivity contribution in [3.63, 3.8) is 0 Å². The number of aromatic nitrogens is 1. The topological polar surface area (TPSA) is 135 Å². The molecule has 0 spiro atoms. The molecule has 5 rings (SSSR count). The Hall–Kier alpha value is -4.69. The van der Waals surface area contributed by atoms with E-state index in [1.54, 1.807) is 0 Å². The highest BCUT2D eigenvalue weighted by Gasteiger charge is 2.50. The van der Waals surface area contributed by atoms with Gasteiger partial charge in [-0.25, -0.2) is 30.2 Å². The van der Waals surface area contributed by atoms with E-state index in [0.29, 0.717) is 0 Å². The first-order valence-corrected chi connectivity index (χ1v) is 24.2. The molecule has 61 heavy (non-hydrogen) atoms. The molecular weight excluding hydrogens is 864 g/mol. The van der Waals surface area contributed by atoms with E-state index >= 15 is 0 Å². The summed E-state index contributed by atoms with van der Waals surface area (Å²) in [5.74, 6) is -9.53. The Labute approximate surface area is 353 Å². The van der Waals surface area contributed by atoms with Gasteiger partial charge in [0.05, 0.1) is 12.3 Å². The highest BCUT2D eigenvalue weighted by molar-refractivity contribution is 8.05. The Balaban J connectivity index is 1.54. The number of alkyl halides is 5. The third-order valence-corrected chi connectivity index (χ3v) is 14.6. The number of nitrogens with zero attached hydrogens (tertiary/aromatic N) is 3. The number of para-hydroxylation sites is 1. The van der Waals surface area contributed by atoms with Crippen molar-refractivity contribution in [2.45, 2.75) is 52.1 Å². The summed E-state index contributed by atoms with van der Waals surface area (Å²) < 4.78 is 148. The Kier molecular flexibility index (Phi) is 14.9. The van der Waals surface area contributed by atoms with Gasteiger partial charge in [0, 0.05) is 53.9 Å². The van der Waals surface area contributed by atoms with E-state index in [2.05, 4.69) is 85.7 Å². The summed E-state index contributed by atoms with van der Waals surface area (Å²) in [4.78, 5) is 2.25. The maximum Gasteiger partial charge on any atom is 0.512 e. The molecule has 0 saturated carbocycles. The summed E-state index contributed by atoms with van der Waals surface area (Å²) in [5.41, 5.74) is 2.12. The molecule has 1 aliphatic carbocycles. The lowest BCUT2D eigenvalue weighted by molar-refractivity contribution is -0.519. The summed E-state index contributed by atoms with van der Waals surface area (Å²) in [6.45, 7) is 11.2. The fourth-order valence-electron chi connectivity index (χ4n) is 7.27. The molecule has 0 saturated heterocycles. The summed E-state index contributed by atoms with van der Waals surface area (Å²) in [6, 6.07) is 25.6. The zero-order chi connectivity index (χ0) is 44.8. The molecule has 0 atom stereocenters. The highest BCUT2D eigenvalue weighted by Crippen LogP contribution is 2.43. The van der Waals surface area contributed by atoms with Crippen LogP contribution in [0.2, 0.25) is 0 Å². The molecule has 4 aromatic rings. The van der Waals surface area contributed by atoms with Crippen LogP contribution in [-0.4, -0.2) is 95.8 Å². The van der Waals surface area contributed by atoms with Crippen LogP contribution in [0.3, 0.4) is 0 Å². The van der Waals surface area contributed by atoms with Crippen molar-refractivity contribution in [1.29, 1.82) is 0 Å². The zero-order valence-corrected chi connectivity index (χ0v) is 36.4. The van der Waals surface area contributed by atoms with E-state index in [1.807, 2.05) is 59.2 Å². The number of hydrogen-bond acceptors (Lipinski definition) is 8. The van der Waals surface area contributed by atoms with Gasteiger partial charge in [-0.2, -0.15) is 21.6 Å². The lowest BCUT2D eigenvalue weighted by Crippen LogP contribution is -2.46. The van der Waals surface area contributed by atoms with Crippen LogP contribution < -0.4 is 9.03 Å². The summed E-state index contributed by atoms with van der Waals surface area (Å²) in [7, 11) is -17.6. The minimum absolute atomic E-state index is 0.0428. The monoisotopic (exact) mass is 911 g/mol. The quantitative estimate of drug-likeness (QED) is 0.0438. The first kappa shape index (κ1) is 47.4. The smallest absolute Gasteiger partial charge is 0.372 e. The van der Waals surface area contributed by atoms with E-state index in [1.165, 1.54) is 0 Å². The average Bonchev–Trinajstić information content (AvgIpc) is 3.50. The normalized spacial score (nSPS) is 13.9. The number of anilines is 1. The van der Waals surface area contributed by atoms with Crippen LogP contribution in [-0.2, 0) is 40.9 Å². The lowest BCUT2D eigenvalue weighted by Gasteiger charge is -2.22. The van der Waals surface area contributed by atoms with E-state index in [0.717, 1.165) is 82.0 Å². The second-order valence-corrected chi connectivity index (χ2v) is 19.4. The molecule has 330 valence electrons. The van der Waals surface area contributed by atoms with E-state index < -0.39 is 59.7 Å². The van der Waals surface area contributed by atoms with Crippen LogP contribution in [0.5, 0.6) is 0 Å². The molecule has 19 heteroatoms. The van der Waals surface area contributed by atoms with Crippen LogP contribution in [0.25, 0.3) is 27.7 Å². The molecule has 1 heterocycles. The SMILES string of the molecule is CCN(CC)c1ccc(C(=C2C=CC(=[N+](CC)CC)C=C2)c2c(-c3ccccc3)n(CCCOS(=O)(=O)CC(F)(F)CS(=O)(=O)NS(=O)(=O)C(F)(F)F)c3ccccc23)cc1. The minimum Gasteiger partial charge on any atom is -0.372 e. The number of nitrogens with one attached hydrogen (secondary N) is 1. The summed E-state index contributed by atoms with van der Waals surface area (Å²) >= 11 is 0. The predicted octanol–water partition coefficient (Wildman–Crippen LogP) is 7.72. The van der Waals surface area contributed by atoms with Gasteiger partial charge in [-0.15, -0.1) is 4.13 Å². The summed E-state index contributed by atoms with van der Waals surface area (Å²) in [5, 5.41) is 0.882. The number of allylic oxidation sites excluding steroid dienone is 5. The Morgan fingerprint density at radius 2 is 1.34 bits per heavy atom. The fourth-order valence-corrected chi connectivity index (χ4v) is 11.1. The van der Waals surface area contributed by atoms with Gasteiger partial charge < -0.3 is 9.47 Å². The third kappa shape index (κ3) is 11.4. The number of aryl methyl sites for hydroxylation is 1. The molecule has 0 radical (unpaired) electrons.